The van der Waals surface area contributed by atoms with Crippen LogP contribution in [-0.4, -0.2) is 26.0 Å². The molecule has 2 heterocycles. The Morgan fingerprint density at radius 3 is 2.71 bits per heavy atom. The fourth-order valence-electron chi connectivity index (χ4n) is 2.77. The van der Waals surface area contributed by atoms with Crippen molar-refractivity contribution in [2.75, 3.05) is 5.32 Å². The highest BCUT2D eigenvalue weighted by Crippen LogP contribution is 2.36. The highest BCUT2D eigenvalue weighted by molar-refractivity contribution is 8.00. The van der Waals surface area contributed by atoms with Gasteiger partial charge in [0.1, 0.15) is 10.3 Å². The number of hydrogen-bond donors (Lipinski definition) is 2. The quantitative estimate of drug-likeness (QED) is 0.207. The van der Waals surface area contributed by atoms with Crippen LogP contribution in [0, 0.1) is 10.1 Å². The minimum atomic E-state index is -0.678. The lowest BCUT2D eigenvalue weighted by Gasteiger charge is -2.15. The molecule has 4 aromatic rings. The minimum absolute atomic E-state index is 0.00110. The second-order valence-corrected chi connectivity index (χ2v) is 8.69. The van der Waals surface area contributed by atoms with E-state index in [9.17, 15) is 14.9 Å². The van der Waals surface area contributed by atoms with Crippen LogP contribution in [0.4, 0.5) is 11.4 Å². The standard InChI is InChI=1S/C20H14ClN5O3S2/c21-14-9-8-13(11-15(14)26(28)29)22-19(27)17(12-5-2-1-3-6-12)31-20-23-18(24-25-20)16-7-4-10-30-16/h1-11,17H,(H,22,27)(H,23,24,25)/t17-/m1/s1. The molecule has 2 aromatic heterocycles. The molecule has 8 nitrogen and oxygen atoms in total. The van der Waals surface area contributed by atoms with Crippen LogP contribution in [0.3, 0.4) is 0 Å². The number of halogens is 1. The second-order valence-electron chi connectivity index (χ2n) is 6.27. The molecule has 4 rings (SSSR count). The van der Waals surface area contributed by atoms with Gasteiger partial charge in [0.15, 0.2) is 5.82 Å². The molecule has 156 valence electrons. The molecule has 0 saturated heterocycles. The van der Waals surface area contributed by atoms with Gasteiger partial charge in [-0.05, 0) is 29.1 Å². The zero-order valence-electron chi connectivity index (χ0n) is 15.7. The summed E-state index contributed by atoms with van der Waals surface area (Å²) in [6.07, 6.45) is 0. The Balaban J connectivity index is 1.59. The SMILES string of the molecule is O=C(Nc1ccc(Cl)c([N+](=O)[O-])c1)[C@H](Sc1n[nH]c(-c2cccs2)n1)c1ccccc1. The van der Waals surface area contributed by atoms with Crippen molar-refractivity contribution in [2.24, 2.45) is 0 Å². The smallest absolute Gasteiger partial charge is 0.289 e. The number of aromatic nitrogens is 3. The van der Waals surface area contributed by atoms with E-state index in [0.717, 1.165) is 10.4 Å². The number of nitrogens with one attached hydrogen (secondary N) is 2. The average Bonchev–Trinajstić information content (AvgIpc) is 3.45. The lowest BCUT2D eigenvalue weighted by molar-refractivity contribution is -0.384. The highest BCUT2D eigenvalue weighted by atomic mass is 35.5. The fraction of sp³-hybridized carbons (Fsp3) is 0.0500. The summed E-state index contributed by atoms with van der Waals surface area (Å²) in [7, 11) is 0. The van der Waals surface area contributed by atoms with Crippen LogP contribution in [0.25, 0.3) is 10.7 Å². The van der Waals surface area contributed by atoms with Gasteiger partial charge in [-0.3, -0.25) is 20.0 Å². The predicted molar refractivity (Wildman–Crippen MR) is 121 cm³/mol. The van der Waals surface area contributed by atoms with Gasteiger partial charge in [0.2, 0.25) is 11.1 Å². The Labute approximate surface area is 189 Å². The number of anilines is 1. The maximum atomic E-state index is 13.1. The van der Waals surface area contributed by atoms with Crippen molar-refractivity contribution in [3.63, 3.8) is 0 Å². The van der Waals surface area contributed by atoms with Gasteiger partial charge in [-0.15, -0.1) is 16.4 Å². The van der Waals surface area contributed by atoms with Crippen molar-refractivity contribution in [3.05, 3.63) is 86.7 Å². The third-order valence-electron chi connectivity index (χ3n) is 4.19. The van der Waals surface area contributed by atoms with Crippen molar-refractivity contribution >= 4 is 52.0 Å². The number of amides is 1. The van der Waals surface area contributed by atoms with Crippen molar-refractivity contribution in [1.29, 1.82) is 0 Å². The number of rotatable bonds is 7. The van der Waals surface area contributed by atoms with Gasteiger partial charge in [0, 0.05) is 11.8 Å². The van der Waals surface area contributed by atoms with Crippen LogP contribution >= 0.6 is 34.7 Å². The topological polar surface area (TPSA) is 114 Å². The molecular weight excluding hydrogens is 458 g/mol. The average molecular weight is 472 g/mol. The third-order valence-corrected chi connectivity index (χ3v) is 6.51. The summed E-state index contributed by atoms with van der Waals surface area (Å²) >= 11 is 8.57. The van der Waals surface area contributed by atoms with Crippen LogP contribution in [0.15, 0.2) is 71.2 Å². The first-order valence-electron chi connectivity index (χ1n) is 8.94. The Morgan fingerprint density at radius 1 is 1.19 bits per heavy atom. The van der Waals surface area contributed by atoms with Crippen molar-refractivity contribution < 1.29 is 9.72 Å². The number of carbonyl (C=O) groups excluding carboxylic acids is 1. The maximum absolute atomic E-state index is 13.1. The van der Waals surface area contributed by atoms with Crippen molar-refractivity contribution in [1.82, 2.24) is 15.2 Å². The summed E-state index contributed by atoms with van der Waals surface area (Å²) in [6.45, 7) is 0. The molecular formula is C20H14ClN5O3S2. The minimum Gasteiger partial charge on any atom is -0.325 e. The van der Waals surface area contributed by atoms with E-state index < -0.39 is 10.2 Å². The van der Waals surface area contributed by atoms with E-state index in [1.165, 1.54) is 41.3 Å². The van der Waals surface area contributed by atoms with E-state index in [4.69, 9.17) is 11.6 Å². The second kappa shape index (κ2) is 9.29. The fourth-order valence-corrected chi connectivity index (χ4v) is 4.53. The molecule has 0 aliphatic heterocycles. The molecule has 1 atom stereocenters. The number of benzene rings is 2. The molecule has 0 radical (unpaired) electrons. The van der Waals surface area contributed by atoms with E-state index in [1.807, 2.05) is 47.8 Å². The van der Waals surface area contributed by atoms with Gasteiger partial charge in [-0.2, -0.15) is 0 Å². The highest BCUT2D eigenvalue weighted by Gasteiger charge is 2.25. The van der Waals surface area contributed by atoms with Gasteiger partial charge in [0.05, 0.1) is 9.80 Å². The molecule has 0 unspecified atom stereocenters. The Hall–Kier alpha value is -3.21. The summed E-state index contributed by atoms with van der Waals surface area (Å²) in [5, 5.41) is 22.7. The summed E-state index contributed by atoms with van der Waals surface area (Å²) in [5.41, 5.74) is 0.741. The van der Waals surface area contributed by atoms with Gasteiger partial charge in [-0.1, -0.05) is 59.8 Å². The van der Waals surface area contributed by atoms with Crippen LogP contribution in [0.1, 0.15) is 10.8 Å². The third kappa shape index (κ3) is 4.93. The molecule has 2 aromatic carbocycles. The van der Waals surface area contributed by atoms with E-state index in [-0.39, 0.29) is 22.3 Å². The van der Waals surface area contributed by atoms with Crippen LogP contribution in [0.5, 0.6) is 0 Å². The van der Waals surface area contributed by atoms with Crippen molar-refractivity contribution in [3.8, 4) is 10.7 Å². The molecule has 0 aliphatic rings. The van der Waals surface area contributed by atoms with Crippen molar-refractivity contribution in [2.45, 2.75) is 10.4 Å². The Morgan fingerprint density at radius 2 is 2.00 bits per heavy atom. The number of thioether (sulfide) groups is 1. The zero-order chi connectivity index (χ0) is 21.8. The molecule has 0 bridgehead atoms. The van der Waals surface area contributed by atoms with E-state index in [2.05, 4.69) is 20.5 Å². The number of carbonyl (C=O) groups is 1. The van der Waals surface area contributed by atoms with Gasteiger partial charge in [0.25, 0.3) is 5.69 Å². The molecule has 0 fully saturated rings. The monoisotopic (exact) mass is 471 g/mol. The maximum Gasteiger partial charge on any atom is 0.289 e. The first-order valence-corrected chi connectivity index (χ1v) is 11.1. The summed E-state index contributed by atoms with van der Waals surface area (Å²) in [6, 6.07) is 17.1. The van der Waals surface area contributed by atoms with E-state index in [1.54, 1.807) is 0 Å². The number of thiophene rings is 1. The number of nitro benzene ring substituents is 1. The molecule has 1 amide bonds. The first kappa shape index (κ1) is 21.0. The molecule has 0 spiro atoms. The Kier molecular flexibility index (Phi) is 6.31. The van der Waals surface area contributed by atoms with Crippen LogP contribution in [-0.2, 0) is 4.79 Å². The molecule has 0 saturated carbocycles. The molecule has 0 aliphatic carbocycles. The molecule has 2 N–H and O–H groups in total. The van der Waals surface area contributed by atoms with Gasteiger partial charge < -0.3 is 5.32 Å². The summed E-state index contributed by atoms with van der Waals surface area (Å²) in [5.74, 6) is 0.258. The number of H-pyrrole nitrogens is 1. The number of aromatic amines is 1. The molecule has 11 heteroatoms. The molecule has 31 heavy (non-hydrogen) atoms. The number of nitro groups is 1. The van der Waals surface area contributed by atoms with Gasteiger partial charge >= 0.3 is 0 Å². The lowest BCUT2D eigenvalue weighted by atomic mass is 10.1. The van der Waals surface area contributed by atoms with E-state index in [0.29, 0.717) is 11.0 Å². The van der Waals surface area contributed by atoms with Crippen LogP contribution in [0.2, 0.25) is 5.02 Å². The normalized spacial score (nSPS) is 11.8. The van der Waals surface area contributed by atoms with Crippen LogP contribution < -0.4 is 5.32 Å². The first-order chi connectivity index (χ1) is 15.0. The Bertz CT molecular complexity index is 1210. The number of hydrogen-bond acceptors (Lipinski definition) is 7. The lowest BCUT2D eigenvalue weighted by Crippen LogP contribution is -2.19. The summed E-state index contributed by atoms with van der Waals surface area (Å²) < 4.78 is 0. The largest absolute Gasteiger partial charge is 0.325 e. The number of nitrogens with zero attached hydrogens (tertiary/aromatic N) is 3. The predicted octanol–water partition coefficient (Wildman–Crippen LogP) is 5.57. The van der Waals surface area contributed by atoms with E-state index >= 15 is 0 Å². The summed E-state index contributed by atoms with van der Waals surface area (Å²) in [4.78, 5) is 29.1. The zero-order valence-corrected chi connectivity index (χ0v) is 18.1. The van der Waals surface area contributed by atoms with Gasteiger partial charge in [-0.25, -0.2) is 4.98 Å².